The Bertz CT molecular complexity index is 182. The van der Waals surface area contributed by atoms with Crippen LogP contribution in [0.2, 0.25) is 19.6 Å². The van der Waals surface area contributed by atoms with Crippen LogP contribution in [0.25, 0.3) is 0 Å². The maximum Gasteiger partial charge on any atom is 0.292 e. The Hall–Kier alpha value is -0.573. The lowest BCUT2D eigenvalue weighted by Crippen LogP contribution is -2.29. The second-order valence-electron chi connectivity index (χ2n) is 4.34. The highest BCUT2D eigenvalue weighted by Gasteiger charge is 2.19. The van der Waals surface area contributed by atoms with Crippen molar-refractivity contribution in [2.45, 2.75) is 39.4 Å². The SMILES string of the molecule is C=C[C@@H](C)CCC(=O)O[Si](C)(C)C. The monoisotopic (exact) mass is 200 g/mol. The third-order valence-electron chi connectivity index (χ3n) is 1.63. The molecule has 0 saturated carbocycles. The van der Waals surface area contributed by atoms with Crippen molar-refractivity contribution >= 4 is 14.3 Å². The van der Waals surface area contributed by atoms with Gasteiger partial charge in [-0.05, 0) is 32.0 Å². The van der Waals surface area contributed by atoms with Crippen LogP contribution in [0.4, 0.5) is 0 Å². The molecule has 0 radical (unpaired) electrons. The summed E-state index contributed by atoms with van der Waals surface area (Å²) in [6.45, 7) is 11.8. The van der Waals surface area contributed by atoms with Crippen LogP contribution < -0.4 is 0 Å². The number of hydrogen-bond donors (Lipinski definition) is 0. The zero-order chi connectivity index (χ0) is 10.5. The van der Waals surface area contributed by atoms with E-state index in [4.69, 9.17) is 4.43 Å². The molecule has 0 fully saturated rings. The summed E-state index contributed by atoms with van der Waals surface area (Å²) in [6, 6.07) is 0. The summed E-state index contributed by atoms with van der Waals surface area (Å²) < 4.78 is 5.30. The predicted octanol–water partition coefficient (Wildman–Crippen LogP) is 2.97. The van der Waals surface area contributed by atoms with E-state index in [9.17, 15) is 4.79 Å². The van der Waals surface area contributed by atoms with E-state index in [2.05, 4.69) is 13.5 Å². The third kappa shape index (κ3) is 7.78. The number of carbonyl (C=O) groups is 1. The van der Waals surface area contributed by atoms with Crippen molar-refractivity contribution in [1.82, 2.24) is 0 Å². The van der Waals surface area contributed by atoms with Crippen molar-refractivity contribution in [3.05, 3.63) is 12.7 Å². The molecule has 3 heteroatoms. The van der Waals surface area contributed by atoms with E-state index in [-0.39, 0.29) is 5.97 Å². The lowest BCUT2D eigenvalue weighted by molar-refractivity contribution is -0.135. The van der Waals surface area contributed by atoms with Gasteiger partial charge in [0.1, 0.15) is 0 Å². The average molecular weight is 200 g/mol. The Kier molecular flexibility index (Phi) is 4.99. The second-order valence-corrected chi connectivity index (χ2v) is 8.77. The second kappa shape index (κ2) is 5.22. The van der Waals surface area contributed by atoms with E-state index in [1.54, 1.807) is 0 Å². The lowest BCUT2D eigenvalue weighted by atomic mass is 10.1. The van der Waals surface area contributed by atoms with Gasteiger partial charge in [0.2, 0.25) is 8.32 Å². The van der Waals surface area contributed by atoms with Gasteiger partial charge in [-0.3, -0.25) is 4.79 Å². The molecule has 0 aromatic carbocycles. The molecule has 13 heavy (non-hydrogen) atoms. The van der Waals surface area contributed by atoms with E-state index in [1.807, 2.05) is 25.7 Å². The summed E-state index contributed by atoms with van der Waals surface area (Å²) in [7, 11) is -1.68. The molecule has 0 bridgehead atoms. The van der Waals surface area contributed by atoms with E-state index < -0.39 is 8.32 Å². The fourth-order valence-corrected chi connectivity index (χ4v) is 1.64. The Morgan fingerprint density at radius 1 is 1.54 bits per heavy atom. The average Bonchev–Trinajstić information content (AvgIpc) is 1.97. The molecule has 0 unspecified atom stereocenters. The maximum absolute atomic E-state index is 11.3. The zero-order valence-corrected chi connectivity index (χ0v) is 10.1. The molecule has 0 aliphatic carbocycles. The van der Waals surface area contributed by atoms with Gasteiger partial charge >= 0.3 is 0 Å². The molecule has 0 rings (SSSR count). The topological polar surface area (TPSA) is 26.3 Å². The molecular formula is C10H20O2Si. The first kappa shape index (κ1) is 12.4. The highest BCUT2D eigenvalue weighted by atomic mass is 28.4. The molecule has 2 nitrogen and oxygen atoms in total. The van der Waals surface area contributed by atoms with Crippen LogP contribution in [0.3, 0.4) is 0 Å². The van der Waals surface area contributed by atoms with Crippen LogP contribution in [0, 0.1) is 5.92 Å². The van der Waals surface area contributed by atoms with Crippen LogP contribution in [0.15, 0.2) is 12.7 Å². The summed E-state index contributed by atoms with van der Waals surface area (Å²) in [4.78, 5) is 11.3. The minimum atomic E-state index is -1.68. The molecule has 0 aliphatic heterocycles. The van der Waals surface area contributed by atoms with Crippen molar-refractivity contribution in [3.63, 3.8) is 0 Å². The molecule has 0 N–H and O–H groups in total. The van der Waals surface area contributed by atoms with E-state index in [0.29, 0.717) is 12.3 Å². The Morgan fingerprint density at radius 3 is 2.46 bits per heavy atom. The smallest absolute Gasteiger partial charge is 0.292 e. The van der Waals surface area contributed by atoms with Gasteiger partial charge in [0.05, 0.1) is 0 Å². The van der Waals surface area contributed by atoms with Crippen LogP contribution in [-0.2, 0) is 9.22 Å². The van der Waals surface area contributed by atoms with Crippen molar-refractivity contribution in [3.8, 4) is 0 Å². The van der Waals surface area contributed by atoms with Gasteiger partial charge in [-0.1, -0.05) is 13.0 Å². The molecule has 0 heterocycles. The van der Waals surface area contributed by atoms with Gasteiger partial charge in [-0.2, -0.15) is 0 Å². The Balaban J connectivity index is 3.70. The number of rotatable bonds is 5. The number of allylic oxidation sites excluding steroid dienone is 1. The van der Waals surface area contributed by atoms with Gasteiger partial charge in [0, 0.05) is 6.42 Å². The van der Waals surface area contributed by atoms with E-state index in [0.717, 1.165) is 6.42 Å². The Morgan fingerprint density at radius 2 is 2.08 bits per heavy atom. The molecule has 1 atom stereocenters. The summed E-state index contributed by atoms with van der Waals surface area (Å²) in [5.74, 6) is 0.335. The van der Waals surface area contributed by atoms with Crippen molar-refractivity contribution in [1.29, 1.82) is 0 Å². The Labute approximate surface area is 82.1 Å². The van der Waals surface area contributed by atoms with Gasteiger partial charge in [0.15, 0.2) is 0 Å². The minimum absolute atomic E-state index is 0.0622. The van der Waals surface area contributed by atoms with E-state index in [1.165, 1.54) is 0 Å². The van der Waals surface area contributed by atoms with Crippen LogP contribution in [0.1, 0.15) is 19.8 Å². The number of carbonyl (C=O) groups excluding carboxylic acids is 1. The lowest BCUT2D eigenvalue weighted by Gasteiger charge is -2.17. The molecule has 0 aliphatic rings. The quantitative estimate of drug-likeness (QED) is 0.504. The van der Waals surface area contributed by atoms with Crippen LogP contribution in [-0.4, -0.2) is 14.3 Å². The first-order valence-electron chi connectivity index (χ1n) is 4.69. The summed E-state index contributed by atoms with van der Waals surface area (Å²) >= 11 is 0. The molecular weight excluding hydrogens is 180 g/mol. The first-order valence-corrected chi connectivity index (χ1v) is 8.10. The molecule has 76 valence electrons. The van der Waals surface area contributed by atoms with Crippen LogP contribution in [0.5, 0.6) is 0 Å². The fraction of sp³-hybridized carbons (Fsp3) is 0.700. The molecule has 0 saturated heterocycles. The van der Waals surface area contributed by atoms with Gasteiger partial charge < -0.3 is 4.43 Å². The zero-order valence-electron chi connectivity index (χ0n) is 9.09. The van der Waals surface area contributed by atoms with Crippen LogP contribution >= 0.6 is 0 Å². The van der Waals surface area contributed by atoms with Gasteiger partial charge in [-0.15, -0.1) is 6.58 Å². The third-order valence-corrected chi connectivity index (χ3v) is 2.47. The summed E-state index contributed by atoms with van der Waals surface area (Å²) in [5, 5.41) is 0. The standard InChI is InChI=1S/C10H20O2Si/c1-6-9(2)7-8-10(11)12-13(3,4)5/h6,9H,1,7-8H2,2-5H3/t9-/m1/s1. The summed E-state index contributed by atoms with van der Waals surface area (Å²) in [6.07, 6.45) is 3.21. The number of hydrogen-bond acceptors (Lipinski definition) is 2. The van der Waals surface area contributed by atoms with Crippen molar-refractivity contribution in [2.24, 2.45) is 5.92 Å². The van der Waals surface area contributed by atoms with Crippen molar-refractivity contribution in [2.75, 3.05) is 0 Å². The normalized spacial score (nSPS) is 13.5. The first-order chi connectivity index (χ1) is 5.85. The molecule has 0 aromatic heterocycles. The highest BCUT2D eigenvalue weighted by molar-refractivity contribution is 6.71. The molecule has 0 spiro atoms. The molecule has 0 aromatic rings. The largest absolute Gasteiger partial charge is 0.520 e. The van der Waals surface area contributed by atoms with E-state index >= 15 is 0 Å². The summed E-state index contributed by atoms with van der Waals surface area (Å²) in [5.41, 5.74) is 0. The maximum atomic E-state index is 11.3. The van der Waals surface area contributed by atoms with Gasteiger partial charge in [0.25, 0.3) is 5.97 Å². The molecule has 0 amide bonds. The highest BCUT2D eigenvalue weighted by Crippen LogP contribution is 2.10. The fourth-order valence-electron chi connectivity index (χ4n) is 0.856. The predicted molar refractivity (Wildman–Crippen MR) is 58.0 cm³/mol. The minimum Gasteiger partial charge on any atom is -0.520 e. The van der Waals surface area contributed by atoms with Crippen molar-refractivity contribution < 1.29 is 9.22 Å². The van der Waals surface area contributed by atoms with Gasteiger partial charge in [-0.25, -0.2) is 0 Å².